The molecular weight excluding hydrogens is 359 g/mol. The first-order chi connectivity index (χ1) is 12.1. The summed E-state index contributed by atoms with van der Waals surface area (Å²) in [6.45, 7) is 3.62. The second-order valence-corrected chi connectivity index (χ2v) is 8.43. The molecule has 1 aromatic carbocycles. The summed E-state index contributed by atoms with van der Waals surface area (Å²) < 4.78 is 6.06. The van der Waals surface area contributed by atoms with E-state index in [1.807, 2.05) is 11.0 Å². The van der Waals surface area contributed by atoms with E-state index in [-0.39, 0.29) is 12.0 Å². The third-order valence-corrected chi connectivity index (χ3v) is 6.71. The van der Waals surface area contributed by atoms with Gasteiger partial charge in [-0.05, 0) is 62.7 Å². The molecule has 0 bridgehead atoms. The lowest BCUT2D eigenvalue weighted by molar-refractivity contribution is -0.136. The van der Waals surface area contributed by atoms with Gasteiger partial charge in [0.2, 0.25) is 5.91 Å². The second-order valence-electron chi connectivity index (χ2n) is 7.61. The van der Waals surface area contributed by atoms with Gasteiger partial charge in [-0.25, -0.2) is 0 Å². The number of nitrogens with zero attached hydrogens (tertiary/aromatic N) is 1. The molecule has 2 heterocycles. The molecule has 0 aromatic heterocycles. The van der Waals surface area contributed by atoms with E-state index in [0.29, 0.717) is 27.9 Å². The molecule has 2 aliphatic heterocycles. The molecule has 6 heteroatoms. The third-order valence-electron chi connectivity index (χ3n) is 5.97. The van der Waals surface area contributed by atoms with E-state index in [9.17, 15) is 4.79 Å². The van der Waals surface area contributed by atoms with Gasteiger partial charge in [-0.3, -0.25) is 4.79 Å². The Kier molecular flexibility index (Phi) is 4.87. The van der Waals surface area contributed by atoms with E-state index in [4.69, 9.17) is 27.9 Å². The molecule has 4 rings (SSSR count). The number of carbonyl (C=O) groups is 1. The van der Waals surface area contributed by atoms with Gasteiger partial charge in [0.1, 0.15) is 11.9 Å². The van der Waals surface area contributed by atoms with Crippen LogP contribution in [0.25, 0.3) is 0 Å². The van der Waals surface area contributed by atoms with Gasteiger partial charge in [0, 0.05) is 18.5 Å². The molecule has 2 atom stereocenters. The molecule has 4 nitrogen and oxygen atoms in total. The average molecular weight is 383 g/mol. The molecule has 3 fully saturated rings. The van der Waals surface area contributed by atoms with E-state index in [1.165, 1.54) is 0 Å². The molecule has 136 valence electrons. The van der Waals surface area contributed by atoms with Crippen molar-refractivity contribution < 1.29 is 9.53 Å². The molecule has 1 amide bonds. The number of halogens is 2. The summed E-state index contributed by atoms with van der Waals surface area (Å²) in [5, 5.41) is 4.41. The number of amides is 1. The lowest BCUT2D eigenvalue weighted by atomic mass is 9.91. The van der Waals surface area contributed by atoms with Crippen LogP contribution in [0.4, 0.5) is 0 Å². The minimum atomic E-state index is 0.0256. The fourth-order valence-corrected chi connectivity index (χ4v) is 4.66. The van der Waals surface area contributed by atoms with Crippen molar-refractivity contribution in [1.82, 2.24) is 10.2 Å². The first-order valence-corrected chi connectivity index (χ1v) is 9.94. The predicted molar refractivity (Wildman–Crippen MR) is 99.3 cm³/mol. The van der Waals surface area contributed by atoms with Crippen LogP contribution in [0.5, 0.6) is 5.75 Å². The number of likely N-dealkylation sites (tertiary alicyclic amines) is 1. The number of carbonyl (C=O) groups excluding carboxylic acids is 1. The maximum atomic E-state index is 12.9. The minimum absolute atomic E-state index is 0.0256. The van der Waals surface area contributed by atoms with E-state index in [1.54, 1.807) is 12.1 Å². The topological polar surface area (TPSA) is 41.6 Å². The maximum Gasteiger partial charge on any atom is 0.226 e. The highest BCUT2D eigenvalue weighted by Crippen LogP contribution is 2.59. The van der Waals surface area contributed by atoms with Gasteiger partial charge >= 0.3 is 0 Å². The Morgan fingerprint density at radius 2 is 2.04 bits per heavy atom. The lowest BCUT2D eigenvalue weighted by Crippen LogP contribution is -2.46. The SMILES string of the molecule is O=C(C1CC12CCNCC2)N1CCCC(Oc2ccc(Cl)c(Cl)c2)C1. The smallest absolute Gasteiger partial charge is 0.226 e. The molecule has 1 spiro atoms. The van der Waals surface area contributed by atoms with Crippen molar-refractivity contribution in [2.75, 3.05) is 26.2 Å². The number of hydrogen-bond donors (Lipinski definition) is 1. The van der Waals surface area contributed by atoms with Gasteiger partial charge in [-0.1, -0.05) is 23.2 Å². The van der Waals surface area contributed by atoms with Gasteiger partial charge in [0.05, 0.1) is 16.6 Å². The highest BCUT2D eigenvalue weighted by molar-refractivity contribution is 6.42. The van der Waals surface area contributed by atoms with Gasteiger partial charge in [0.15, 0.2) is 0 Å². The summed E-state index contributed by atoms with van der Waals surface area (Å²) in [6, 6.07) is 5.32. The summed E-state index contributed by atoms with van der Waals surface area (Å²) >= 11 is 12.0. The fourth-order valence-electron chi connectivity index (χ4n) is 4.37. The van der Waals surface area contributed by atoms with Crippen molar-refractivity contribution in [2.24, 2.45) is 11.3 Å². The Bertz CT molecular complexity index is 661. The van der Waals surface area contributed by atoms with Crippen molar-refractivity contribution in [3.63, 3.8) is 0 Å². The Morgan fingerprint density at radius 3 is 2.80 bits per heavy atom. The van der Waals surface area contributed by atoms with Crippen molar-refractivity contribution in [1.29, 1.82) is 0 Å². The van der Waals surface area contributed by atoms with Crippen LogP contribution in [0.3, 0.4) is 0 Å². The molecule has 1 aliphatic carbocycles. The molecule has 0 radical (unpaired) electrons. The van der Waals surface area contributed by atoms with E-state index in [0.717, 1.165) is 57.5 Å². The van der Waals surface area contributed by atoms with E-state index < -0.39 is 0 Å². The monoisotopic (exact) mass is 382 g/mol. The molecule has 25 heavy (non-hydrogen) atoms. The van der Waals surface area contributed by atoms with Crippen LogP contribution in [-0.4, -0.2) is 43.1 Å². The molecule has 3 aliphatic rings. The van der Waals surface area contributed by atoms with Crippen LogP contribution >= 0.6 is 23.2 Å². The van der Waals surface area contributed by atoms with Gasteiger partial charge in [-0.2, -0.15) is 0 Å². The maximum absolute atomic E-state index is 12.9. The molecule has 1 aromatic rings. The Balaban J connectivity index is 1.36. The summed E-state index contributed by atoms with van der Waals surface area (Å²) in [5.74, 6) is 1.29. The van der Waals surface area contributed by atoms with Crippen molar-refractivity contribution in [3.8, 4) is 5.75 Å². The van der Waals surface area contributed by atoms with E-state index >= 15 is 0 Å². The average Bonchev–Trinajstić information content (AvgIpc) is 3.31. The number of rotatable bonds is 3. The Labute approximate surface area is 158 Å². The van der Waals surface area contributed by atoms with Crippen molar-refractivity contribution >= 4 is 29.1 Å². The van der Waals surface area contributed by atoms with Crippen LogP contribution in [0.1, 0.15) is 32.1 Å². The van der Waals surface area contributed by atoms with Gasteiger partial charge in [-0.15, -0.1) is 0 Å². The number of piperidine rings is 2. The summed E-state index contributed by atoms with van der Waals surface area (Å²) in [7, 11) is 0. The molecular formula is C19H24Cl2N2O2. The Morgan fingerprint density at radius 1 is 1.24 bits per heavy atom. The number of ether oxygens (including phenoxy) is 1. The van der Waals surface area contributed by atoms with Crippen LogP contribution in [0, 0.1) is 11.3 Å². The lowest BCUT2D eigenvalue weighted by Gasteiger charge is -2.34. The first kappa shape index (κ1) is 17.4. The first-order valence-electron chi connectivity index (χ1n) is 9.19. The van der Waals surface area contributed by atoms with Gasteiger partial charge < -0.3 is 15.0 Å². The zero-order chi connectivity index (χ0) is 17.4. The summed E-state index contributed by atoms with van der Waals surface area (Å²) in [6.07, 6.45) is 5.32. The van der Waals surface area contributed by atoms with Crippen LogP contribution in [-0.2, 0) is 4.79 Å². The number of nitrogens with one attached hydrogen (secondary N) is 1. The minimum Gasteiger partial charge on any atom is -0.489 e. The second kappa shape index (κ2) is 6.98. The fraction of sp³-hybridized carbons (Fsp3) is 0.632. The molecule has 1 N–H and O–H groups in total. The van der Waals surface area contributed by atoms with Gasteiger partial charge in [0.25, 0.3) is 0 Å². The summed E-state index contributed by atoms with van der Waals surface area (Å²) in [5.41, 5.74) is 0.292. The standard InChI is InChI=1S/C19H24Cl2N2O2/c20-16-4-3-13(10-17(16)21)25-14-2-1-9-23(12-14)18(24)15-11-19(15)5-7-22-8-6-19/h3-4,10,14-15,22H,1-2,5-9,11-12H2. The predicted octanol–water partition coefficient (Wildman–Crippen LogP) is 3.75. The number of hydrogen-bond acceptors (Lipinski definition) is 3. The molecule has 2 unspecified atom stereocenters. The highest BCUT2D eigenvalue weighted by Gasteiger charge is 2.58. The van der Waals surface area contributed by atoms with Crippen LogP contribution in [0.15, 0.2) is 18.2 Å². The summed E-state index contributed by atoms with van der Waals surface area (Å²) in [4.78, 5) is 15.0. The normalized spacial score (nSPS) is 28.0. The Hall–Kier alpha value is -0.970. The largest absolute Gasteiger partial charge is 0.489 e. The van der Waals surface area contributed by atoms with Crippen LogP contribution < -0.4 is 10.1 Å². The quantitative estimate of drug-likeness (QED) is 0.865. The van der Waals surface area contributed by atoms with E-state index in [2.05, 4.69) is 5.32 Å². The number of benzene rings is 1. The van der Waals surface area contributed by atoms with Crippen LogP contribution in [0.2, 0.25) is 10.0 Å². The molecule has 2 saturated heterocycles. The molecule has 1 saturated carbocycles. The third kappa shape index (κ3) is 3.62. The van der Waals surface area contributed by atoms with Crippen molar-refractivity contribution in [3.05, 3.63) is 28.2 Å². The zero-order valence-electron chi connectivity index (χ0n) is 14.3. The highest BCUT2D eigenvalue weighted by atomic mass is 35.5. The van der Waals surface area contributed by atoms with Crippen molar-refractivity contribution in [2.45, 2.75) is 38.2 Å². The zero-order valence-corrected chi connectivity index (χ0v) is 15.8.